The molecule has 0 saturated carbocycles. The van der Waals surface area contributed by atoms with Crippen molar-refractivity contribution in [2.45, 2.75) is 32.9 Å². The molecule has 8 nitrogen and oxygen atoms in total. The number of amides is 1. The molecule has 2 N–H and O–H groups in total. The summed E-state index contributed by atoms with van der Waals surface area (Å²) in [5, 5.41) is 14.1. The second-order valence-corrected chi connectivity index (χ2v) is 6.71. The van der Waals surface area contributed by atoms with Crippen molar-refractivity contribution in [1.82, 2.24) is 30.3 Å². The Kier molecular flexibility index (Phi) is 10.6. The number of aryl methyl sites for hydroxylation is 1. The summed E-state index contributed by atoms with van der Waals surface area (Å²) in [4.78, 5) is 17.6. The second kappa shape index (κ2) is 12.4. The van der Waals surface area contributed by atoms with E-state index in [1.54, 1.807) is 27.3 Å². The van der Waals surface area contributed by atoms with Crippen LogP contribution in [-0.2, 0) is 17.8 Å². The lowest BCUT2D eigenvalue weighted by atomic mass is 10.1. The molecule has 2 aromatic rings. The molecule has 1 atom stereocenters. The van der Waals surface area contributed by atoms with E-state index in [4.69, 9.17) is 0 Å². The van der Waals surface area contributed by atoms with Crippen LogP contribution >= 0.6 is 24.0 Å². The summed E-state index contributed by atoms with van der Waals surface area (Å²) in [5.41, 5.74) is 0.298. The van der Waals surface area contributed by atoms with Gasteiger partial charge < -0.3 is 20.1 Å². The number of halogens is 3. The number of aliphatic imine (C=N–C) groups is 1. The third kappa shape index (κ3) is 7.50. The molecular formula is C19H28F2IN7O. The SMILES string of the molecule is CCc1nncn1CCNC(=NCC(=O)N(C)C)NC(C)c1ccc(F)cc1F.I. The molecule has 0 bridgehead atoms. The summed E-state index contributed by atoms with van der Waals surface area (Å²) >= 11 is 0. The minimum Gasteiger partial charge on any atom is -0.355 e. The van der Waals surface area contributed by atoms with E-state index in [1.807, 2.05) is 11.5 Å². The lowest BCUT2D eigenvalue weighted by Crippen LogP contribution is -2.41. The Morgan fingerprint density at radius 1 is 1.33 bits per heavy atom. The van der Waals surface area contributed by atoms with Crippen LogP contribution < -0.4 is 10.6 Å². The third-order valence-corrected chi connectivity index (χ3v) is 4.31. The van der Waals surface area contributed by atoms with Crippen LogP contribution in [0.2, 0.25) is 0 Å². The van der Waals surface area contributed by atoms with Crippen molar-refractivity contribution in [2.24, 2.45) is 4.99 Å². The zero-order valence-electron chi connectivity index (χ0n) is 17.5. The summed E-state index contributed by atoms with van der Waals surface area (Å²) in [5.74, 6) is -0.238. The zero-order valence-corrected chi connectivity index (χ0v) is 19.9. The van der Waals surface area contributed by atoms with Gasteiger partial charge in [-0.25, -0.2) is 13.8 Å². The van der Waals surface area contributed by atoms with Crippen LogP contribution in [0.4, 0.5) is 8.78 Å². The van der Waals surface area contributed by atoms with Crippen molar-refractivity contribution >= 4 is 35.8 Å². The average Bonchev–Trinajstić information content (AvgIpc) is 3.12. The standard InChI is InChI=1S/C19H27F2N7O.HI/c1-5-17-26-24-12-28(17)9-8-22-19(23-11-18(29)27(3)4)25-13(2)15-7-6-14(20)10-16(15)21;/h6-7,10,12-13H,5,8-9,11H2,1-4H3,(H2,22,23,25);1H. The number of carbonyl (C=O) groups excluding carboxylic acids is 1. The van der Waals surface area contributed by atoms with E-state index in [9.17, 15) is 13.6 Å². The van der Waals surface area contributed by atoms with E-state index in [-0.39, 0.29) is 36.4 Å². The Balaban J connectivity index is 0.00000450. The summed E-state index contributed by atoms with van der Waals surface area (Å²) in [6.07, 6.45) is 2.41. The lowest BCUT2D eigenvalue weighted by molar-refractivity contribution is -0.127. The molecule has 0 aliphatic carbocycles. The van der Waals surface area contributed by atoms with E-state index >= 15 is 0 Å². The van der Waals surface area contributed by atoms with Crippen molar-refractivity contribution in [3.8, 4) is 0 Å². The van der Waals surface area contributed by atoms with Crippen molar-refractivity contribution < 1.29 is 13.6 Å². The van der Waals surface area contributed by atoms with Crippen molar-refractivity contribution in [3.05, 3.63) is 47.5 Å². The molecule has 166 valence electrons. The summed E-state index contributed by atoms with van der Waals surface area (Å²) < 4.78 is 29.2. The van der Waals surface area contributed by atoms with Gasteiger partial charge >= 0.3 is 0 Å². The monoisotopic (exact) mass is 535 g/mol. The fourth-order valence-electron chi connectivity index (χ4n) is 2.61. The van der Waals surface area contributed by atoms with Crippen LogP contribution in [0.15, 0.2) is 29.5 Å². The molecule has 2 rings (SSSR count). The first-order valence-corrected chi connectivity index (χ1v) is 9.38. The van der Waals surface area contributed by atoms with Gasteiger partial charge in [-0.1, -0.05) is 13.0 Å². The normalized spacial score (nSPS) is 12.1. The van der Waals surface area contributed by atoms with Crippen molar-refractivity contribution in [1.29, 1.82) is 0 Å². The van der Waals surface area contributed by atoms with E-state index in [0.29, 0.717) is 24.6 Å². The fourth-order valence-corrected chi connectivity index (χ4v) is 2.61. The van der Waals surface area contributed by atoms with Crippen LogP contribution in [0, 0.1) is 11.6 Å². The van der Waals surface area contributed by atoms with Crippen molar-refractivity contribution in [3.63, 3.8) is 0 Å². The molecule has 0 fully saturated rings. The number of carbonyl (C=O) groups is 1. The van der Waals surface area contributed by atoms with Gasteiger partial charge in [0.2, 0.25) is 5.91 Å². The highest BCUT2D eigenvalue weighted by molar-refractivity contribution is 14.0. The molecule has 1 aromatic carbocycles. The number of hydrogen-bond donors (Lipinski definition) is 2. The van der Waals surface area contributed by atoms with Gasteiger partial charge in [-0.15, -0.1) is 34.2 Å². The van der Waals surface area contributed by atoms with Crippen LogP contribution in [0.3, 0.4) is 0 Å². The van der Waals surface area contributed by atoms with Gasteiger partial charge in [0.05, 0.1) is 6.04 Å². The molecule has 1 unspecified atom stereocenters. The maximum Gasteiger partial charge on any atom is 0.243 e. The highest BCUT2D eigenvalue weighted by Crippen LogP contribution is 2.17. The van der Waals surface area contributed by atoms with E-state index < -0.39 is 17.7 Å². The first kappa shape index (κ1) is 25.7. The third-order valence-electron chi connectivity index (χ3n) is 4.31. The van der Waals surface area contributed by atoms with Crippen LogP contribution in [0.5, 0.6) is 0 Å². The molecule has 0 aliphatic rings. The lowest BCUT2D eigenvalue weighted by Gasteiger charge is -2.20. The molecule has 0 radical (unpaired) electrons. The van der Waals surface area contributed by atoms with E-state index in [1.165, 1.54) is 17.0 Å². The number of hydrogen-bond acceptors (Lipinski definition) is 4. The Morgan fingerprint density at radius 2 is 2.07 bits per heavy atom. The Morgan fingerprint density at radius 3 is 2.70 bits per heavy atom. The molecule has 0 spiro atoms. The quantitative estimate of drug-likeness (QED) is 0.307. The molecule has 0 saturated heterocycles. The number of likely N-dealkylation sites (N-methyl/N-ethyl adjacent to an activating group) is 1. The molecule has 1 aromatic heterocycles. The number of nitrogens with zero attached hydrogens (tertiary/aromatic N) is 5. The minimum absolute atomic E-state index is 0. The molecule has 0 aliphatic heterocycles. The summed E-state index contributed by atoms with van der Waals surface area (Å²) in [6.45, 7) is 4.75. The van der Waals surface area contributed by atoms with Gasteiger partial charge in [-0.05, 0) is 13.0 Å². The zero-order chi connectivity index (χ0) is 21.4. The van der Waals surface area contributed by atoms with Crippen LogP contribution in [0.1, 0.15) is 31.3 Å². The van der Waals surface area contributed by atoms with Gasteiger partial charge in [-0.2, -0.15) is 0 Å². The second-order valence-electron chi connectivity index (χ2n) is 6.71. The largest absolute Gasteiger partial charge is 0.355 e. The minimum atomic E-state index is -0.647. The van der Waals surface area contributed by atoms with Gasteiger partial charge in [0, 0.05) is 45.2 Å². The maximum absolute atomic E-state index is 14.1. The summed E-state index contributed by atoms with van der Waals surface area (Å²) in [6, 6.07) is 2.94. The number of benzene rings is 1. The van der Waals surface area contributed by atoms with Gasteiger partial charge in [0.25, 0.3) is 0 Å². The average molecular weight is 535 g/mol. The van der Waals surface area contributed by atoms with E-state index in [0.717, 1.165) is 18.3 Å². The Bertz CT molecular complexity index is 857. The number of guanidine groups is 1. The number of rotatable bonds is 8. The highest BCUT2D eigenvalue weighted by atomic mass is 127. The van der Waals surface area contributed by atoms with Crippen LogP contribution in [0.25, 0.3) is 0 Å². The number of aromatic nitrogens is 3. The smallest absolute Gasteiger partial charge is 0.243 e. The molecule has 11 heteroatoms. The number of nitrogens with one attached hydrogen (secondary N) is 2. The Labute approximate surface area is 192 Å². The van der Waals surface area contributed by atoms with E-state index in [2.05, 4.69) is 25.8 Å². The van der Waals surface area contributed by atoms with Gasteiger partial charge in [-0.3, -0.25) is 4.79 Å². The summed E-state index contributed by atoms with van der Waals surface area (Å²) in [7, 11) is 3.29. The Hall–Kier alpha value is -2.31. The fraction of sp³-hybridized carbons (Fsp3) is 0.474. The topological polar surface area (TPSA) is 87.4 Å². The first-order valence-electron chi connectivity index (χ1n) is 9.38. The van der Waals surface area contributed by atoms with Gasteiger partial charge in [0.15, 0.2) is 5.96 Å². The van der Waals surface area contributed by atoms with Crippen LogP contribution in [-0.4, -0.2) is 58.7 Å². The maximum atomic E-state index is 14.1. The molecule has 1 amide bonds. The molecule has 1 heterocycles. The van der Waals surface area contributed by atoms with Gasteiger partial charge in [0.1, 0.15) is 30.3 Å². The molecular weight excluding hydrogens is 507 g/mol. The first-order chi connectivity index (χ1) is 13.8. The predicted molar refractivity (Wildman–Crippen MR) is 122 cm³/mol. The highest BCUT2D eigenvalue weighted by Gasteiger charge is 2.14. The molecule has 30 heavy (non-hydrogen) atoms. The predicted octanol–water partition coefficient (Wildman–Crippen LogP) is 2.12. The van der Waals surface area contributed by atoms with Crippen molar-refractivity contribution in [2.75, 3.05) is 27.2 Å².